The fourth-order valence-corrected chi connectivity index (χ4v) is 1.87. The number of hydrogen-bond donors (Lipinski definition) is 0. The Hall–Kier alpha value is -1.63. The maximum atomic E-state index is 12.3. The summed E-state index contributed by atoms with van der Waals surface area (Å²) in [5.41, 5.74) is -0.812. The van der Waals surface area contributed by atoms with E-state index in [4.69, 9.17) is 0 Å². The molecular formula is C9H5F3N2OS. The summed E-state index contributed by atoms with van der Waals surface area (Å²) in [6, 6.07) is 3.07. The SMILES string of the molecule is O=Cc1ccc(-n2cc(C(F)(F)F)cn2)s1. The van der Waals surface area contributed by atoms with Crippen molar-refractivity contribution >= 4 is 17.6 Å². The van der Waals surface area contributed by atoms with Crippen LogP contribution in [0.1, 0.15) is 15.2 Å². The third-order valence-electron chi connectivity index (χ3n) is 1.86. The van der Waals surface area contributed by atoms with Crippen molar-refractivity contribution in [2.24, 2.45) is 0 Å². The zero-order valence-corrected chi connectivity index (χ0v) is 8.55. The van der Waals surface area contributed by atoms with E-state index in [2.05, 4.69) is 5.10 Å². The predicted molar refractivity (Wildman–Crippen MR) is 51.8 cm³/mol. The van der Waals surface area contributed by atoms with E-state index in [1.807, 2.05) is 0 Å². The molecule has 0 atom stereocenters. The van der Waals surface area contributed by atoms with Crippen LogP contribution in [-0.2, 0) is 6.18 Å². The molecule has 0 saturated heterocycles. The van der Waals surface area contributed by atoms with Crippen LogP contribution in [0.5, 0.6) is 0 Å². The van der Waals surface area contributed by atoms with E-state index in [9.17, 15) is 18.0 Å². The smallest absolute Gasteiger partial charge is 0.297 e. The van der Waals surface area contributed by atoms with Gasteiger partial charge in [0.15, 0.2) is 6.29 Å². The minimum atomic E-state index is -4.40. The lowest BCUT2D eigenvalue weighted by molar-refractivity contribution is -0.137. The molecule has 0 saturated carbocycles. The Morgan fingerprint density at radius 1 is 1.38 bits per heavy atom. The first-order valence-corrected chi connectivity index (χ1v) is 4.99. The molecule has 0 bridgehead atoms. The number of aldehydes is 1. The van der Waals surface area contributed by atoms with Crippen molar-refractivity contribution in [2.45, 2.75) is 6.18 Å². The lowest BCUT2D eigenvalue weighted by atomic mass is 10.4. The molecular weight excluding hydrogens is 241 g/mol. The number of nitrogens with zero attached hydrogens (tertiary/aromatic N) is 2. The molecule has 2 aromatic rings. The molecule has 16 heavy (non-hydrogen) atoms. The van der Waals surface area contributed by atoms with Crippen LogP contribution in [0, 0.1) is 0 Å². The molecule has 2 rings (SSSR count). The maximum absolute atomic E-state index is 12.3. The number of alkyl halides is 3. The fraction of sp³-hybridized carbons (Fsp3) is 0.111. The van der Waals surface area contributed by atoms with Gasteiger partial charge >= 0.3 is 6.18 Å². The van der Waals surface area contributed by atoms with Gasteiger partial charge in [-0.1, -0.05) is 0 Å². The van der Waals surface area contributed by atoms with E-state index in [0.29, 0.717) is 16.2 Å². The normalized spacial score (nSPS) is 11.7. The molecule has 0 N–H and O–H groups in total. The number of halogens is 3. The summed E-state index contributed by atoms with van der Waals surface area (Å²) in [6.45, 7) is 0. The largest absolute Gasteiger partial charge is 0.419 e. The van der Waals surface area contributed by atoms with Gasteiger partial charge in [0.1, 0.15) is 5.00 Å². The molecule has 0 radical (unpaired) electrons. The van der Waals surface area contributed by atoms with E-state index in [1.54, 1.807) is 6.07 Å². The second-order valence-corrected chi connectivity index (χ2v) is 4.06. The van der Waals surface area contributed by atoms with Crippen molar-refractivity contribution in [3.05, 3.63) is 35.0 Å². The van der Waals surface area contributed by atoms with Crippen LogP contribution in [0.2, 0.25) is 0 Å². The molecule has 2 aromatic heterocycles. The first-order chi connectivity index (χ1) is 7.50. The number of rotatable bonds is 2. The summed E-state index contributed by atoms with van der Waals surface area (Å²) in [6.07, 6.45) is -2.12. The van der Waals surface area contributed by atoms with Gasteiger partial charge in [-0.25, -0.2) is 4.68 Å². The summed E-state index contributed by atoms with van der Waals surface area (Å²) < 4.78 is 37.9. The van der Waals surface area contributed by atoms with E-state index < -0.39 is 11.7 Å². The third-order valence-corrected chi connectivity index (χ3v) is 2.86. The lowest BCUT2D eigenvalue weighted by Gasteiger charge is -2.00. The minimum absolute atomic E-state index is 0.444. The van der Waals surface area contributed by atoms with Gasteiger partial charge in [-0.2, -0.15) is 18.3 Å². The van der Waals surface area contributed by atoms with Crippen LogP contribution >= 0.6 is 11.3 Å². The number of thiophene rings is 1. The summed E-state index contributed by atoms with van der Waals surface area (Å²) in [5.74, 6) is 0. The van der Waals surface area contributed by atoms with Crippen molar-refractivity contribution in [1.29, 1.82) is 0 Å². The number of aromatic nitrogens is 2. The Bertz CT molecular complexity index is 515. The summed E-state index contributed by atoms with van der Waals surface area (Å²) >= 11 is 1.07. The maximum Gasteiger partial charge on any atom is 0.419 e. The van der Waals surface area contributed by atoms with Crippen LogP contribution in [0.15, 0.2) is 24.5 Å². The average molecular weight is 246 g/mol. The van der Waals surface area contributed by atoms with Gasteiger partial charge in [-0.15, -0.1) is 11.3 Å². The zero-order chi connectivity index (χ0) is 11.8. The van der Waals surface area contributed by atoms with Gasteiger partial charge in [-0.3, -0.25) is 4.79 Å². The number of carbonyl (C=O) groups is 1. The van der Waals surface area contributed by atoms with Gasteiger partial charge in [0.25, 0.3) is 0 Å². The fourth-order valence-electron chi connectivity index (χ4n) is 1.12. The summed E-state index contributed by atoms with van der Waals surface area (Å²) in [4.78, 5) is 10.9. The molecule has 0 aliphatic heterocycles. The van der Waals surface area contributed by atoms with E-state index in [0.717, 1.165) is 28.4 Å². The minimum Gasteiger partial charge on any atom is -0.297 e. The van der Waals surface area contributed by atoms with Gasteiger partial charge in [-0.05, 0) is 12.1 Å². The van der Waals surface area contributed by atoms with Gasteiger partial charge in [0, 0.05) is 6.20 Å². The standard InChI is InChI=1S/C9H5F3N2OS/c10-9(11,12)6-3-13-14(4-6)8-2-1-7(5-15)16-8/h1-5H. The molecule has 0 amide bonds. The molecule has 0 unspecified atom stereocenters. The Morgan fingerprint density at radius 2 is 2.12 bits per heavy atom. The van der Waals surface area contributed by atoms with Crippen LogP contribution in [0.4, 0.5) is 13.2 Å². The highest BCUT2D eigenvalue weighted by molar-refractivity contribution is 7.16. The molecule has 0 fully saturated rings. The Balaban J connectivity index is 2.35. The first kappa shape index (κ1) is 10.9. The van der Waals surface area contributed by atoms with Gasteiger partial charge in [0.2, 0.25) is 0 Å². The zero-order valence-electron chi connectivity index (χ0n) is 7.73. The second-order valence-electron chi connectivity index (χ2n) is 2.97. The molecule has 84 valence electrons. The molecule has 0 aliphatic rings. The second kappa shape index (κ2) is 3.75. The summed E-state index contributed by atoms with van der Waals surface area (Å²) in [7, 11) is 0. The van der Waals surface area contributed by atoms with Crippen molar-refractivity contribution < 1.29 is 18.0 Å². The topological polar surface area (TPSA) is 34.9 Å². The first-order valence-electron chi connectivity index (χ1n) is 4.18. The van der Waals surface area contributed by atoms with E-state index >= 15 is 0 Å². The number of carbonyl (C=O) groups excluding carboxylic acids is 1. The van der Waals surface area contributed by atoms with Crippen molar-refractivity contribution in [2.75, 3.05) is 0 Å². The molecule has 2 heterocycles. The molecule has 0 aliphatic carbocycles. The van der Waals surface area contributed by atoms with Crippen molar-refractivity contribution in [3.63, 3.8) is 0 Å². The lowest BCUT2D eigenvalue weighted by Crippen LogP contribution is -2.02. The monoisotopic (exact) mass is 246 g/mol. The van der Waals surface area contributed by atoms with Gasteiger partial charge in [0.05, 0.1) is 16.6 Å². The quantitative estimate of drug-likeness (QED) is 0.764. The molecule has 3 nitrogen and oxygen atoms in total. The third kappa shape index (κ3) is 1.99. The highest BCUT2D eigenvalue weighted by Crippen LogP contribution is 2.29. The highest BCUT2D eigenvalue weighted by Gasteiger charge is 2.32. The molecule has 0 aromatic carbocycles. The van der Waals surface area contributed by atoms with Crippen LogP contribution < -0.4 is 0 Å². The summed E-state index contributed by atoms with van der Waals surface area (Å²) in [5, 5.41) is 4.06. The Morgan fingerprint density at radius 3 is 2.62 bits per heavy atom. The van der Waals surface area contributed by atoms with Gasteiger partial charge < -0.3 is 0 Å². The number of hydrogen-bond acceptors (Lipinski definition) is 3. The van der Waals surface area contributed by atoms with E-state index in [1.165, 1.54) is 6.07 Å². The molecule has 7 heteroatoms. The highest BCUT2D eigenvalue weighted by atomic mass is 32.1. The Kier molecular flexibility index (Phi) is 2.55. The predicted octanol–water partition coefficient (Wildman–Crippen LogP) is 2.77. The van der Waals surface area contributed by atoms with Crippen molar-refractivity contribution in [1.82, 2.24) is 9.78 Å². The Labute approximate surface area is 92.1 Å². The van der Waals surface area contributed by atoms with Crippen LogP contribution in [-0.4, -0.2) is 16.1 Å². The molecule has 0 spiro atoms. The average Bonchev–Trinajstić information content (AvgIpc) is 2.85. The van der Waals surface area contributed by atoms with Crippen molar-refractivity contribution in [3.8, 4) is 5.00 Å². The van der Waals surface area contributed by atoms with Crippen LogP contribution in [0.3, 0.4) is 0 Å². The van der Waals surface area contributed by atoms with Crippen LogP contribution in [0.25, 0.3) is 5.00 Å². The van der Waals surface area contributed by atoms with E-state index in [-0.39, 0.29) is 0 Å².